The van der Waals surface area contributed by atoms with Gasteiger partial charge >= 0.3 is 0 Å². The molecule has 0 spiro atoms. The van der Waals surface area contributed by atoms with E-state index < -0.39 is 0 Å². The molecule has 1 aromatic rings. The minimum Gasteiger partial charge on any atom is -0.480 e. The molecule has 0 radical (unpaired) electrons. The van der Waals surface area contributed by atoms with E-state index in [-0.39, 0.29) is 5.91 Å². The van der Waals surface area contributed by atoms with Gasteiger partial charge in [0, 0.05) is 12.7 Å². The predicted octanol–water partition coefficient (Wildman–Crippen LogP) is 2.82. The molecule has 1 aromatic heterocycles. The quantitative estimate of drug-likeness (QED) is 0.440. The highest BCUT2D eigenvalue weighted by molar-refractivity contribution is 14.1. The fraction of sp³-hybridized carbons (Fsp3) is 0.538. The highest BCUT2D eigenvalue weighted by Gasteiger charge is 2.11. The zero-order valence-electron chi connectivity index (χ0n) is 10.6. The third kappa shape index (κ3) is 5.20. The number of pyridine rings is 1. The summed E-state index contributed by atoms with van der Waals surface area (Å²) in [6, 6.07) is 3.45. The zero-order chi connectivity index (χ0) is 13.2. The molecule has 4 nitrogen and oxygen atoms in total. The summed E-state index contributed by atoms with van der Waals surface area (Å²) in [6.45, 7) is 0.706. The molecule has 18 heavy (non-hydrogen) atoms. The second-order valence-corrected chi connectivity index (χ2v) is 5.00. The van der Waals surface area contributed by atoms with E-state index in [1.165, 1.54) is 24.4 Å². The number of halogens is 1. The second-order valence-electron chi connectivity index (χ2n) is 3.92. The van der Waals surface area contributed by atoms with Gasteiger partial charge in [-0.05, 0) is 29.4 Å². The lowest BCUT2D eigenvalue weighted by atomic mass is 10.2. The highest BCUT2D eigenvalue weighted by Crippen LogP contribution is 2.13. The molecule has 0 atom stereocenters. The van der Waals surface area contributed by atoms with Crippen molar-refractivity contribution >= 4 is 28.5 Å². The van der Waals surface area contributed by atoms with Crippen molar-refractivity contribution in [1.29, 1.82) is 0 Å². The molecule has 0 aliphatic carbocycles. The van der Waals surface area contributed by atoms with E-state index >= 15 is 0 Å². The first-order valence-electron chi connectivity index (χ1n) is 6.12. The summed E-state index contributed by atoms with van der Waals surface area (Å²) in [6.07, 6.45) is 6.28. The first-order chi connectivity index (χ1) is 8.79. The molecule has 0 saturated heterocycles. The van der Waals surface area contributed by atoms with Gasteiger partial charge in [0.2, 0.25) is 5.88 Å². The number of nitrogens with zero attached hydrogens (tertiary/aromatic N) is 1. The van der Waals surface area contributed by atoms with Crippen LogP contribution in [0.4, 0.5) is 0 Å². The predicted molar refractivity (Wildman–Crippen MR) is 80.5 cm³/mol. The first kappa shape index (κ1) is 15.2. The largest absolute Gasteiger partial charge is 0.480 e. The number of carbonyl (C=O) groups is 1. The Balaban J connectivity index is 2.32. The van der Waals surface area contributed by atoms with Crippen molar-refractivity contribution < 1.29 is 9.53 Å². The zero-order valence-corrected chi connectivity index (χ0v) is 12.8. The molecular formula is C13H19IN2O2. The SMILES string of the molecule is COc1ncccc1C(=O)NCCCCCCI. The third-order valence-corrected chi connectivity index (χ3v) is 3.32. The molecule has 5 heteroatoms. The van der Waals surface area contributed by atoms with Crippen molar-refractivity contribution in [3.8, 4) is 5.88 Å². The lowest BCUT2D eigenvalue weighted by molar-refractivity contribution is 0.0949. The van der Waals surface area contributed by atoms with Crippen molar-refractivity contribution in [1.82, 2.24) is 10.3 Å². The maximum absolute atomic E-state index is 11.9. The topological polar surface area (TPSA) is 51.2 Å². The van der Waals surface area contributed by atoms with Crippen LogP contribution in [0, 0.1) is 0 Å². The lowest BCUT2D eigenvalue weighted by Gasteiger charge is -2.07. The van der Waals surface area contributed by atoms with Crippen molar-refractivity contribution in [3.05, 3.63) is 23.9 Å². The molecule has 1 heterocycles. The summed E-state index contributed by atoms with van der Waals surface area (Å²) in [5.74, 6) is 0.258. The monoisotopic (exact) mass is 362 g/mol. The number of hydrogen-bond acceptors (Lipinski definition) is 3. The number of rotatable bonds is 8. The Hall–Kier alpha value is -0.850. The van der Waals surface area contributed by atoms with Gasteiger partial charge in [-0.15, -0.1) is 0 Å². The summed E-state index contributed by atoms with van der Waals surface area (Å²) in [5.41, 5.74) is 0.493. The van der Waals surface area contributed by atoms with Crippen LogP contribution in [0.25, 0.3) is 0 Å². The van der Waals surface area contributed by atoms with Crippen molar-refractivity contribution in [2.24, 2.45) is 0 Å². The Morgan fingerprint density at radius 1 is 1.39 bits per heavy atom. The average molecular weight is 362 g/mol. The van der Waals surface area contributed by atoms with Crippen LogP contribution < -0.4 is 10.1 Å². The molecule has 1 amide bonds. The molecule has 0 aliphatic rings. The number of methoxy groups -OCH3 is 1. The molecule has 1 N–H and O–H groups in total. The lowest BCUT2D eigenvalue weighted by Crippen LogP contribution is -2.25. The molecular weight excluding hydrogens is 343 g/mol. The molecule has 0 aromatic carbocycles. The number of nitrogens with one attached hydrogen (secondary N) is 1. The maximum Gasteiger partial charge on any atom is 0.256 e. The number of alkyl halides is 1. The molecule has 0 aliphatic heterocycles. The van der Waals surface area contributed by atoms with E-state index in [2.05, 4.69) is 32.9 Å². The summed E-state index contributed by atoms with van der Waals surface area (Å²) >= 11 is 2.38. The van der Waals surface area contributed by atoms with Crippen LogP contribution in [-0.2, 0) is 0 Å². The molecule has 1 rings (SSSR count). The van der Waals surface area contributed by atoms with Gasteiger partial charge in [-0.2, -0.15) is 0 Å². The van der Waals surface area contributed by atoms with Gasteiger partial charge in [0.1, 0.15) is 5.56 Å². The summed E-state index contributed by atoms with van der Waals surface area (Å²) in [7, 11) is 1.52. The van der Waals surface area contributed by atoms with E-state index in [1.54, 1.807) is 18.3 Å². The van der Waals surface area contributed by atoms with Gasteiger partial charge in [-0.3, -0.25) is 4.79 Å². The van der Waals surface area contributed by atoms with E-state index in [0.717, 1.165) is 12.8 Å². The summed E-state index contributed by atoms with van der Waals surface area (Å²) in [4.78, 5) is 15.9. The van der Waals surface area contributed by atoms with E-state index in [9.17, 15) is 4.79 Å². The molecule has 100 valence electrons. The minimum absolute atomic E-state index is 0.117. The van der Waals surface area contributed by atoms with Crippen LogP contribution in [0.15, 0.2) is 18.3 Å². The van der Waals surface area contributed by atoms with Crippen molar-refractivity contribution in [3.63, 3.8) is 0 Å². The van der Waals surface area contributed by atoms with E-state index in [1.807, 2.05) is 0 Å². The molecule has 0 unspecified atom stereocenters. The fourth-order valence-electron chi connectivity index (χ4n) is 1.60. The van der Waals surface area contributed by atoms with E-state index in [0.29, 0.717) is 18.0 Å². The van der Waals surface area contributed by atoms with Gasteiger partial charge < -0.3 is 10.1 Å². The molecule has 0 saturated carbocycles. The normalized spacial score (nSPS) is 10.1. The minimum atomic E-state index is -0.117. The standard InChI is InChI=1S/C13H19IN2O2/c1-18-13-11(7-6-10-16-13)12(17)15-9-5-3-2-4-8-14/h6-7,10H,2-5,8-9H2,1H3,(H,15,17). The number of unbranched alkanes of at least 4 members (excludes halogenated alkanes) is 3. The Labute approximate surface area is 122 Å². The molecule has 0 bridgehead atoms. The summed E-state index contributed by atoms with van der Waals surface area (Å²) in [5, 5.41) is 2.89. The molecule has 0 fully saturated rings. The van der Waals surface area contributed by atoms with Gasteiger partial charge in [-0.25, -0.2) is 4.98 Å². The van der Waals surface area contributed by atoms with Crippen molar-refractivity contribution in [2.45, 2.75) is 25.7 Å². The van der Waals surface area contributed by atoms with E-state index in [4.69, 9.17) is 4.74 Å². The van der Waals surface area contributed by atoms with Crippen LogP contribution in [0.1, 0.15) is 36.0 Å². The first-order valence-corrected chi connectivity index (χ1v) is 7.65. The second kappa shape index (κ2) is 9.13. The Morgan fingerprint density at radius 2 is 2.17 bits per heavy atom. The highest BCUT2D eigenvalue weighted by atomic mass is 127. The average Bonchev–Trinajstić information content (AvgIpc) is 2.42. The van der Waals surface area contributed by atoms with Gasteiger partial charge in [0.15, 0.2) is 0 Å². The number of aromatic nitrogens is 1. The van der Waals surface area contributed by atoms with Crippen LogP contribution in [0.2, 0.25) is 0 Å². The third-order valence-electron chi connectivity index (χ3n) is 2.56. The van der Waals surface area contributed by atoms with Crippen LogP contribution in [0.5, 0.6) is 5.88 Å². The van der Waals surface area contributed by atoms with Gasteiger partial charge in [-0.1, -0.05) is 35.4 Å². The van der Waals surface area contributed by atoms with Crippen LogP contribution in [-0.4, -0.2) is 29.0 Å². The van der Waals surface area contributed by atoms with Gasteiger partial charge in [0.25, 0.3) is 5.91 Å². The fourth-order valence-corrected chi connectivity index (χ4v) is 2.14. The van der Waals surface area contributed by atoms with Crippen LogP contribution in [0.3, 0.4) is 0 Å². The Kier molecular flexibility index (Phi) is 7.71. The number of amides is 1. The smallest absolute Gasteiger partial charge is 0.256 e. The Morgan fingerprint density at radius 3 is 2.89 bits per heavy atom. The van der Waals surface area contributed by atoms with Gasteiger partial charge in [0.05, 0.1) is 7.11 Å². The Bertz CT molecular complexity index is 372. The number of hydrogen-bond donors (Lipinski definition) is 1. The van der Waals surface area contributed by atoms with Crippen molar-refractivity contribution in [2.75, 3.05) is 18.1 Å². The maximum atomic E-state index is 11.9. The number of carbonyl (C=O) groups excluding carboxylic acids is 1. The number of ether oxygens (including phenoxy) is 1. The van der Waals surface area contributed by atoms with Crippen LogP contribution >= 0.6 is 22.6 Å². The summed E-state index contributed by atoms with van der Waals surface area (Å²) < 4.78 is 6.26.